The molecule has 0 bridgehead atoms. The molecular weight excluding hydrogens is 238 g/mol. The van der Waals surface area contributed by atoms with Gasteiger partial charge in [-0.05, 0) is 12.1 Å². The van der Waals surface area contributed by atoms with Crippen LogP contribution in [0.4, 0.5) is 10.5 Å². The summed E-state index contributed by atoms with van der Waals surface area (Å²) >= 11 is 0. The zero-order chi connectivity index (χ0) is 13.3. The van der Waals surface area contributed by atoms with E-state index in [4.69, 9.17) is 5.73 Å². The summed E-state index contributed by atoms with van der Waals surface area (Å²) in [5, 5.41) is 11.7. The average Bonchev–Trinajstić information content (AvgIpc) is 2.41. The van der Waals surface area contributed by atoms with Crippen LogP contribution in [0.5, 0.6) is 5.75 Å². The number of H-pyrrole nitrogens is 1. The lowest BCUT2D eigenvalue weighted by atomic mass is 10.2. The first kappa shape index (κ1) is 11.6. The van der Waals surface area contributed by atoms with E-state index in [-0.39, 0.29) is 10.9 Å². The van der Waals surface area contributed by atoms with Gasteiger partial charge in [-0.3, -0.25) is 9.59 Å². The molecule has 0 saturated carbocycles. The van der Waals surface area contributed by atoms with E-state index >= 15 is 0 Å². The molecule has 0 aliphatic heterocycles. The zero-order valence-corrected chi connectivity index (χ0v) is 9.06. The molecule has 0 aliphatic rings. The summed E-state index contributed by atoms with van der Waals surface area (Å²) in [5.41, 5.74) is 3.01. The zero-order valence-electron chi connectivity index (χ0n) is 9.06. The Labute approximate surface area is 99.9 Å². The van der Waals surface area contributed by atoms with Crippen LogP contribution in [-0.2, 0) is 0 Å². The topological polar surface area (TPSA) is 125 Å². The van der Waals surface area contributed by atoms with E-state index in [1.54, 1.807) is 12.1 Å². The van der Waals surface area contributed by atoms with Gasteiger partial charge in [0.2, 0.25) is 11.2 Å². The summed E-state index contributed by atoms with van der Waals surface area (Å²) in [4.78, 5) is 36.7. The number of carbonyl (C=O) groups is 1. The average molecular weight is 247 g/mol. The van der Waals surface area contributed by atoms with E-state index in [0.717, 1.165) is 0 Å². The van der Waals surface area contributed by atoms with Gasteiger partial charge in [0.05, 0.1) is 5.52 Å². The standard InChI is InChI=1S/C11H9N3O4/c12-11(18)14-7-8(15)5-3-1-2-4-6(5)13-10(17)9(7)16/h1-4H,(H5,12,13,14,15,16,17,18). The Kier molecular flexibility index (Phi) is 2.72. The number of urea groups is 1. The van der Waals surface area contributed by atoms with E-state index in [2.05, 4.69) is 4.98 Å². The van der Waals surface area contributed by atoms with Gasteiger partial charge in [0.25, 0.3) is 5.56 Å². The number of aromatic nitrogens is 1. The molecule has 0 saturated heterocycles. The number of hydrogen-bond acceptors (Lipinski definition) is 4. The van der Waals surface area contributed by atoms with Crippen molar-refractivity contribution in [3.63, 3.8) is 0 Å². The number of aromatic hydroxyl groups is 1. The Balaban J connectivity index is 2.99. The number of rotatable bonds is 1. The van der Waals surface area contributed by atoms with Crippen LogP contribution in [0.1, 0.15) is 0 Å². The van der Waals surface area contributed by atoms with E-state index in [9.17, 15) is 19.5 Å². The first-order valence-corrected chi connectivity index (χ1v) is 4.95. The summed E-state index contributed by atoms with van der Waals surface area (Å²) in [6.07, 6.45) is 0. The molecule has 1 heterocycles. The lowest BCUT2D eigenvalue weighted by Crippen LogP contribution is -2.23. The second kappa shape index (κ2) is 4.21. The molecule has 7 nitrogen and oxygen atoms in total. The van der Waals surface area contributed by atoms with Gasteiger partial charge in [0.15, 0.2) is 0 Å². The van der Waals surface area contributed by atoms with Crippen LogP contribution in [-0.4, -0.2) is 16.1 Å². The van der Waals surface area contributed by atoms with Crippen LogP contribution >= 0.6 is 0 Å². The van der Waals surface area contributed by atoms with Crippen LogP contribution in [0, 0.1) is 0 Å². The van der Waals surface area contributed by atoms with Gasteiger partial charge in [0, 0.05) is 5.39 Å². The van der Waals surface area contributed by atoms with Crippen LogP contribution in [0.25, 0.3) is 10.9 Å². The largest absolute Gasteiger partial charge is 0.501 e. The molecule has 2 rings (SSSR count). The van der Waals surface area contributed by atoms with Crippen molar-refractivity contribution in [1.29, 1.82) is 0 Å². The molecule has 0 unspecified atom stereocenters. The fraction of sp³-hybridized carbons (Fsp3) is 0. The third kappa shape index (κ3) is 1.88. The normalized spacial score (nSPS) is 10.2. The SMILES string of the molecule is NC(=O)Nc1c(O)c(=O)[nH]c2ccccc2c1=O. The van der Waals surface area contributed by atoms with Gasteiger partial charge in [-0.25, -0.2) is 4.79 Å². The molecule has 0 spiro atoms. The molecule has 2 aromatic rings. The maximum atomic E-state index is 12.0. The third-order valence-electron chi connectivity index (χ3n) is 2.35. The molecule has 5 N–H and O–H groups in total. The number of benzene rings is 1. The summed E-state index contributed by atoms with van der Waals surface area (Å²) in [7, 11) is 0. The fourth-order valence-corrected chi connectivity index (χ4v) is 1.57. The monoisotopic (exact) mass is 247 g/mol. The number of nitrogens with one attached hydrogen (secondary N) is 2. The second-order valence-electron chi connectivity index (χ2n) is 3.54. The van der Waals surface area contributed by atoms with Crippen LogP contribution in [0.3, 0.4) is 0 Å². The molecule has 2 amide bonds. The summed E-state index contributed by atoms with van der Waals surface area (Å²) < 4.78 is 0. The number of anilines is 1. The number of hydrogen-bond donors (Lipinski definition) is 4. The van der Waals surface area contributed by atoms with E-state index in [1.807, 2.05) is 5.32 Å². The molecule has 1 aromatic heterocycles. The van der Waals surface area contributed by atoms with Gasteiger partial charge in [0.1, 0.15) is 5.69 Å². The minimum atomic E-state index is -1.04. The van der Waals surface area contributed by atoms with Gasteiger partial charge in [-0.15, -0.1) is 0 Å². The van der Waals surface area contributed by atoms with Crippen molar-refractivity contribution < 1.29 is 9.90 Å². The van der Waals surface area contributed by atoms with Crippen molar-refractivity contribution in [2.45, 2.75) is 0 Å². The summed E-state index contributed by atoms with van der Waals surface area (Å²) in [6.45, 7) is 0. The van der Waals surface area contributed by atoms with Gasteiger partial charge >= 0.3 is 6.03 Å². The molecule has 7 heteroatoms. The number of amides is 2. The highest BCUT2D eigenvalue weighted by atomic mass is 16.3. The van der Waals surface area contributed by atoms with Gasteiger partial charge in [-0.1, -0.05) is 12.1 Å². The minimum Gasteiger partial charge on any atom is -0.501 e. The number of carbonyl (C=O) groups excluding carboxylic acids is 1. The van der Waals surface area contributed by atoms with Gasteiger partial charge in [-0.2, -0.15) is 0 Å². The number of nitrogens with two attached hydrogens (primary N) is 1. The van der Waals surface area contributed by atoms with Crippen LogP contribution < -0.4 is 22.0 Å². The highest BCUT2D eigenvalue weighted by Gasteiger charge is 2.13. The predicted octanol–water partition coefficient (Wildman–Crippen LogP) is 0.0845. The molecule has 0 fully saturated rings. The van der Waals surface area contributed by atoms with Gasteiger partial charge < -0.3 is 21.1 Å². The Hall–Kier alpha value is -2.83. The maximum absolute atomic E-state index is 12.0. The van der Waals surface area contributed by atoms with Crippen molar-refractivity contribution in [2.75, 3.05) is 5.32 Å². The van der Waals surface area contributed by atoms with Crippen molar-refractivity contribution in [3.8, 4) is 5.75 Å². The Morgan fingerprint density at radius 1 is 1.28 bits per heavy atom. The van der Waals surface area contributed by atoms with Crippen molar-refractivity contribution in [2.24, 2.45) is 5.73 Å². The minimum absolute atomic E-state index is 0.152. The van der Waals surface area contributed by atoms with Crippen LogP contribution in [0.2, 0.25) is 0 Å². The molecular formula is C11H9N3O4. The fourth-order valence-electron chi connectivity index (χ4n) is 1.57. The van der Waals surface area contributed by atoms with E-state index in [1.165, 1.54) is 12.1 Å². The lowest BCUT2D eigenvalue weighted by Gasteiger charge is -1.98. The van der Waals surface area contributed by atoms with E-state index in [0.29, 0.717) is 0 Å². The number of para-hydroxylation sites is 1. The molecule has 0 aliphatic carbocycles. The predicted molar refractivity (Wildman–Crippen MR) is 65.7 cm³/mol. The van der Waals surface area contributed by atoms with Crippen molar-refractivity contribution >= 4 is 22.6 Å². The van der Waals surface area contributed by atoms with E-state index < -0.39 is 28.5 Å². The quantitative estimate of drug-likeness (QED) is 0.569. The number of fused-ring (bicyclic) bond motifs is 1. The number of aromatic amines is 1. The first-order chi connectivity index (χ1) is 8.50. The number of primary amides is 1. The molecule has 0 atom stereocenters. The van der Waals surface area contributed by atoms with Crippen LogP contribution in [0.15, 0.2) is 33.9 Å². The Bertz CT molecular complexity index is 751. The van der Waals surface area contributed by atoms with Crippen molar-refractivity contribution in [3.05, 3.63) is 44.8 Å². The second-order valence-corrected chi connectivity index (χ2v) is 3.54. The summed E-state index contributed by atoms with van der Waals surface area (Å²) in [5.74, 6) is -0.880. The smallest absolute Gasteiger partial charge is 0.316 e. The molecule has 0 radical (unpaired) electrons. The Morgan fingerprint density at radius 2 is 1.94 bits per heavy atom. The maximum Gasteiger partial charge on any atom is 0.316 e. The molecule has 92 valence electrons. The molecule has 18 heavy (non-hydrogen) atoms. The highest BCUT2D eigenvalue weighted by Crippen LogP contribution is 2.14. The Morgan fingerprint density at radius 3 is 2.61 bits per heavy atom. The lowest BCUT2D eigenvalue weighted by molar-refractivity contribution is 0.259. The third-order valence-corrected chi connectivity index (χ3v) is 2.35. The van der Waals surface area contributed by atoms with Crippen molar-refractivity contribution in [1.82, 2.24) is 4.98 Å². The first-order valence-electron chi connectivity index (χ1n) is 4.95. The highest BCUT2D eigenvalue weighted by molar-refractivity contribution is 5.92. The molecule has 1 aromatic carbocycles. The summed E-state index contributed by atoms with van der Waals surface area (Å²) in [6, 6.07) is 5.13.